The van der Waals surface area contributed by atoms with Gasteiger partial charge in [-0.05, 0) is 30.2 Å². The molecular weight excluding hydrogens is 427 g/mol. The van der Waals surface area contributed by atoms with Crippen LogP contribution in [0.25, 0.3) is 0 Å². The molecule has 10 heteroatoms. The Morgan fingerprint density at radius 3 is 2.57 bits per heavy atom. The lowest BCUT2D eigenvalue weighted by Crippen LogP contribution is -2.40. The molecule has 1 unspecified atom stereocenters. The standard InChI is InChI=1S/C18H16Cl2N2O5S/c19-14-5-4-13(17(20)9-14)10-21(16-6-7-28(26,27)11-16)18(23)12-2-1-3-15(8-12)22(24)25/h1-5,8-9,16H,6-7,10-11H2. The van der Waals surface area contributed by atoms with E-state index in [4.69, 9.17) is 23.2 Å². The summed E-state index contributed by atoms with van der Waals surface area (Å²) < 4.78 is 23.9. The molecule has 1 heterocycles. The number of sulfone groups is 1. The van der Waals surface area contributed by atoms with Gasteiger partial charge in [-0.3, -0.25) is 14.9 Å². The van der Waals surface area contributed by atoms with E-state index in [0.29, 0.717) is 22.0 Å². The zero-order valence-electron chi connectivity index (χ0n) is 14.5. The van der Waals surface area contributed by atoms with Crippen molar-refractivity contribution in [3.8, 4) is 0 Å². The average molecular weight is 443 g/mol. The van der Waals surface area contributed by atoms with Gasteiger partial charge in [-0.15, -0.1) is 0 Å². The maximum Gasteiger partial charge on any atom is 0.270 e. The molecule has 1 aliphatic heterocycles. The Bertz CT molecular complexity index is 1040. The third-order valence-corrected chi connectivity index (χ3v) is 6.91. The molecule has 0 radical (unpaired) electrons. The van der Waals surface area contributed by atoms with Crippen molar-refractivity contribution >= 4 is 44.6 Å². The predicted octanol–water partition coefficient (Wildman–Crippen LogP) is 3.73. The highest BCUT2D eigenvalue weighted by molar-refractivity contribution is 7.91. The molecule has 1 atom stereocenters. The highest BCUT2D eigenvalue weighted by Gasteiger charge is 2.35. The van der Waals surface area contributed by atoms with Crippen LogP contribution in [0, 0.1) is 10.1 Å². The quantitative estimate of drug-likeness (QED) is 0.518. The molecule has 1 amide bonds. The number of hydrogen-bond donors (Lipinski definition) is 0. The van der Waals surface area contributed by atoms with E-state index in [1.807, 2.05) is 0 Å². The number of non-ortho nitro benzene ring substituents is 1. The number of nitro benzene ring substituents is 1. The van der Waals surface area contributed by atoms with E-state index in [2.05, 4.69) is 0 Å². The molecule has 1 aliphatic rings. The second-order valence-corrected chi connectivity index (χ2v) is 9.61. The molecule has 0 aliphatic carbocycles. The van der Waals surface area contributed by atoms with E-state index < -0.39 is 26.7 Å². The summed E-state index contributed by atoms with van der Waals surface area (Å²) in [7, 11) is -3.24. The van der Waals surface area contributed by atoms with Crippen molar-refractivity contribution in [1.29, 1.82) is 0 Å². The Hall–Kier alpha value is -2.16. The molecule has 1 fully saturated rings. The highest BCUT2D eigenvalue weighted by atomic mass is 35.5. The average Bonchev–Trinajstić information content (AvgIpc) is 3.00. The number of hydrogen-bond acceptors (Lipinski definition) is 5. The summed E-state index contributed by atoms with van der Waals surface area (Å²) in [6, 6.07) is 9.66. The number of rotatable bonds is 5. The molecular formula is C18H16Cl2N2O5S. The molecule has 148 valence electrons. The zero-order valence-corrected chi connectivity index (χ0v) is 16.9. The maximum absolute atomic E-state index is 13.1. The molecule has 3 rings (SSSR count). The van der Waals surface area contributed by atoms with Gasteiger partial charge in [-0.25, -0.2) is 8.42 Å². The van der Waals surface area contributed by atoms with Gasteiger partial charge in [0.05, 0.1) is 16.4 Å². The lowest BCUT2D eigenvalue weighted by molar-refractivity contribution is -0.384. The Balaban J connectivity index is 1.97. The minimum Gasteiger partial charge on any atom is -0.330 e. The predicted molar refractivity (Wildman–Crippen MR) is 106 cm³/mol. The SMILES string of the molecule is O=C(c1cccc([N+](=O)[O-])c1)N(Cc1ccc(Cl)cc1Cl)C1CCS(=O)(=O)C1. The van der Waals surface area contributed by atoms with Crippen LogP contribution < -0.4 is 0 Å². The van der Waals surface area contributed by atoms with Crippen molar-refractivity contribution in [2.45, 2.75) is 19.0 Å². The molecule has 0 aromatic heterocycles. The number of carbonyl (C=O) groups is 1. The molecule has 28 heavy (non-hydrogen) atoms. The normalized spacial score (nSPS) is 18.0. The summed E-state index contributed by atoms with van der Waals surface area (Å²) in [6.07, 6.45) is 0.300. The van der Waals surface area contributed by atoms with Crippen molar-refractivity contribution in [3.63, 3.8) is 0 Å². The van der Waals surface area contributed by atoms with E-state index in [1.54, 1.807) is 18.2 Å². The van der Waals surface area contributed by atoms with Crippen LogP contribution in [0.5, 0.6) is 0 Å². The monoisotopic (exact) mass is 442 g/mol. The first-order valence-electron chi connectivity index (χ1n) is 8.36. The van der Waals surface area contributed by atoms with Gasteiger partial charge in [-0.2, -0.15) is 0 Å². The fraction of sp³-hybridized carbons (Fsp3) is 0.278. The van der Waals surface area contributed by atoms with Crippen LogP contribution >= 0.6 is 23.2 Å². The Morgan fingerprint density at radius 2 is 1.96 bits per heavy atom. The minimum atomic E-state index is -3.24. The largest absolute Gasteiger partial charge is 0.330 e. The van der Waals surface area contributed by atoms with Crippen molar-refractivity contribution in [1.82, 2.24) is 4.90 Å². The lowest BCUT2D eigenvalue weighted by Gasteiger charge is -2.29. The van der Waals surface area contributed by atoms with Crippen LogP contribution in [0.15, 0.2) is 42.5 Å². The van der Waals surface area contributed by atoms with E-state index in [-0.39, 0.29) is 29.3 Å². The fourth-order valence-corrected chi connectivity index (χ4v) is 5.34. The number of halogens is 2. The molecule has 0 N–H and O–H groups in total. The first-order valence-corrected chi connectivity index (χ1v) is 10.9. The van der Waals surface area contributed by atoms with Gasteiger partial charge in [0, 0.05) is 40.3 Å². The molecule has 2 aromatic rings. The number of benzene rings is 2. The van der Waals surface area contributed by atoms with Crippen LogP contribution in [-0.4, -0.2) is 41.7 Å². The zero-order chi connectivity index (χ0) is 20.5. The highest BCUT2D eigenvalue weighted by Crippen LogP contribution is 2.27. The van der Waals surface area contributed by atoms with Crippen LogP contribution in [0.4, 0.5) is 5.69 Å². The molecule has 1 saturated heterocycles. The Kier molecular flexibility index (Phi) is 5.92. The molecule has 7 nitrogen and oxygen atoms in total. The van der Waals surface area contributed by atoms with E-state index in [9.17, 15) is 23.3 Å². The summed E-state index contributed by atoms with van der Waals surface area (Å²) in [5.74, 6) is -0.652. The van der Waals surface area contributed by atoms with Crippen LogP contribution in [-0.2, 0) is 16.4 Å². The number of carbonyl (C=O) groups excluding carboxylic acids is 1. The first-order chi connectivity index (χ1) is 13.2. The summed E-state index contributed by atoms with van der Waals surface area (Å²) in [6.45, 7) is 0.0672. The van der Waals surface area contributed by atoms with Gasteiger partial charge >= 0.3 is 0 Å². The lowest BCUT2D eigenvalue weighted by atomic mass is 10.1. The van der Waals surface area contributed by atoms with E-state index in [0.717, 1.165) is 0 Å². The molecule has 0 spiro atoms. The van der Waals surface area contributed by atoms with Gasteiger partial charge < -0.3 is 4.90 Å². The topological polar surface area (TPSA) is 97.6 Å². The smallest absolute Gasteiger partial charge is 0.270 e. The van der Waals surface area contributed by atoms with E-state index >= 15 is 0 Å². The van der Waals surface area contributed by atoms with Gasteiger partial charge in [0.25, 0.3) is 11.6 Å². The minimum absolute atomic E-state index is 0.00919. The maximum atomic E-state index is 13.1. The Labute approximate surface area is 171 Å². The van der Waals surface area contributed by atoms with Crippen molar-refractivity contribution in [2.24, 2.45) is 0 Å². The molecule has 2 aromatic carbocycles. The third-order valence-electron chi connectivity index (χ3n) is 4.57. The fourth-order valence-electron chi connectivity index (χ4n) is 3.14. The van der Waals surface area contributed by atoms with Crippen molar-refractivity contribution < 1.29 is 18.1 Å². The second-order valence-electron chi connectivity index (χ2n) is 6.53. The number of nitro groups is 1. The molecule has 0 bridgehead atoms. The van der Waals surface area contributed by atoms with Crippen LogP contribution in [0.1, 0.15) is 22.3 Å². The summed E-state index contributed by atoms with van der Waals surface area (Å²) in [5, 5.41) is 11.8. The van der Waals surface area contributed by atoms with Gasteiger partial charge in [0.15, 0.2) is 9.84 Å². The first kappa shape index (κ1) is 20.6. The van der Waals surface area contributed by atoms with Gasteiger partial charge in [0.1, 0.15) is 0 Å². The summed E-state index contributed by atoms with van der Waals surface area (Å²) in [4.78, 5) is 25.0. The second kappa shape index (κ2) is 8.06. The Morgan fingerprint density at radius 1 is 1.21 bits per heavy atom. The van der Waals surface area contributed by atoms with E-state index in [1.165, 1.54) is 29.2 Å². The summed E-state index contributed by atoms with van der Waals surface area (Å²) >= 11 is 12.1. The van der Waals surface area contributed by atoms with Crippen molar-refractivity contribution in [2.75, 3.05) is 11.5 Å². The molecule has 0 saturated carbocycles. The summed E-state index contributed by atoms with van der Waals surface area (Å²) in [5.41, 5.74) is 0.507. The van der Waals surface area contributed by atoms with Gasteiger partial charge in [-0.1, -0.05) is 35.3 Å². The number of nitrogens with zero attached hydrogens (tertiary/aromatic N) is 2. The van der Waals surface area contributed by atoms with Crippen LogP contribution in [0.2, 0.25) is 10.0 Å². The van der Waals surface area contributed by atoms with Gasteiger partial charge in [0.2, 0.25) is 0 Å². The van der Waals surface area contributed by atoms with Crippen LogP contribution in [0.3, 0.4) is 0 Å². The number of amides is 1. The third kappa shape index (κ3) is 4.63. The van der Waals surface area contributed by atoms with Crippen molar-refractivity contribution in [3.05, 3.63) is 73.8 Å².